The normalized spacial score (nSPS) is 10.4. The standard InChI is InChI=1S/C16H13ClN4O2S/c17-11-5-3-10(4-6-11)8-15(22)20-21-16(23)13-9-12(18-19-13)14-2-1-7-24-14/h1-7,9H,8H2,(H,18,19)(H,20,22)(H,21,23). The average Bonchev–Trinajstić information content (AvgIpc) is 3.25. The van der Waals surface area contributed by atoms with Gasteiger partial charge in [0.05, 0.1) is 17.0 Å². The molecule has 0 spiro atoms. The summed E-state index contributed by atoms with van der Waals surface area (Å²) >= 11 is 7.33. The van der Waals surface area contributed by atoms with Gasteiger partial charge in [-0.3, -0.25) is 25.5 Å². The topological polar surface area (TPSA) is 86.9 Å². The van der Waals surface area contributed by atoms with Gasteiger partial charge < -0.3 is 0 Å². The minimum atomic E-state index is -0.487. The van der Waals surface area contributed by atoms with E-state index in [0.29, 0.717) is 5.02 Å². The van der Waals surface area contributed by atoms with Gasteiger partial charge in [0.1, 0.15) is 0 Å². The van der Waals surface area contributed by atoms with Gasteiger partial charge in [-0.05, 0) is 35.2 Å². The molecule has 0 fully saturated rings. The van der Waals surface area contributed by atoms with Crippen LogP contribution in [0.4, 0.5) is 0 Å². The summed E-state index contributed by atoms with van der Waals surface area (Å²) in [7, 11) is 0. The number of nitrogens with one attached hydrogen (secondary N) is 3. The van der Waals surface area contributed by atoms with E-state index in [2.05, 4.69) is 21.0 Å². The number of hydrazine groups is 1. The number of H-pyrrole nitrogens is 1. The van der Waals surface area contributed by atoms with Crippen molar-refractivity contribution in [2.45, 2.75) is 6.42 Å². The van der Waals surface area contributed by atoms with Crippen LogP contribution in [0.25, 0.3) is 10.6 Å². The number of carbonyl (C=O) groups excluding carboxylic acids is 2. The lowest BCUT2D eigenvalue weighted by Crippen LogP contribution is -2.42. The number of benzene rings is 1. The maximum absolute atomic E-state index is 12.0. The maximum Gasteiger partial charge on any atom is 0.290 e. The number of amides is 2. The average molecular weight is 361 g/mol. The van der Waals surface area contributed by atoms with Crippen molar-refractivity contribution in [3.8, 4) is 10.6 Å². The molecule has 1 aromatic carbocycles. The Morgan fingerprint density at radius 3 is 2.67 bits per heavy atom. The monoisotopic (exact) mass is 360 g/mol. The molecule has 0 aliphatic rings. The Morgan fingerprint density at radius 1 is 1.17 bits per heavy atom. The molecule has 122 valence electrons. The van der Waals surface area contributed by atoms with Crippen molar-refractivity contribution in [3.05, 3.63) is 64.1 Å². The van der Waals surface area contributed by atoms with Crippen molar-refractivity contribution in [2.75, 3.05) is 0 Å². The second-order valence-electron chi connectivity index (χ2n) is 4.95. The van der Waals surface area contributed by atoms with Gasteiger partial charge in [0.2, 0.25) is 5.91 Å². The molecule has 0 saturated heterocycles. The fourth-order valence-electron chi connectivity index (χ4n) is 2.02. The molecule has 2 aromatic heterocycles. The molecular formula is C16H13ClN4O2S. The zero-order chi connectivity index (χ0) is 16.9. The summed E-state index contributed by atoms with van der Waals surface area (Å²) in [4.78, 5) is 24.8. The number of aromatic amines is 1. The number of thiophene rings is 1. The summed E-state index contributed by atoms with van der Waals surface area (Å²) in [6, 6.07) is 12.4. The summed E-state index contributed by atoms with van der Waals surface area (Å²) in [5.74, 6) is -0.821. The van der Waals surface area contributed by atoms with Crippen LogP contribution >= 0.6 is 22.9 Å². The Hall–Kier alpha value is -2.64. The number of aromatic nitrogens is 2. The van der Waals surface area contributed by atoms with Crippen LogP contribution in [0.3, 0.4) is 0 Å². The second-order valence-corrected chi connectivity index (χ2v) is 6.33. The van der Waals surface area contributed by atoms with E-state index >= 15 is 0 Å². The summed E-state index contributed by atoms with van der Waals surface area (Å²) < 4.78 is 0. The third-order valence-electron chi connectivity index (χ3n) is 3.19. The first-order chi connectivity index (χ1) is 11.6. The molecule has 0 saturated carbocycles. The molecule has 0 atom stereocenters. The van der Waals surface area contributed by atoms with Crippen LogP contribution in [0, 0.1) is 0 Å². The first-order valence-corrected chi connectivity index (χ1v) is 8.30. The molecule has 0 unspecified atom stereocenters. The summed E-state index contributed by atoms with van der Waals surface area (Å²) in [5.41, 5.74) is 6.46. The van der Waals surface area contributed by atoms with E-state index in [1.54, 1.807) is 30.3 Å². The number of nitrogens with zero attached hydrogens (tertiary/aromatic N) is 1. The van der Waals surface area contributed by atoms with E-state index in [0.717, 1.165) is 16.1 Å². The Morgan fingerprint density at radius 2 is 1.96 bits per heavy atom. The highest BCUT2D eigenvalue weighted by Crippen LogP contribution is 2.22. The van der Waals surface area contributed by atoms with Crippen molar-refractivity contribution in [2.24, 2.45) is 0 Å². The van der Waals surface area contributed by atoms with Crippen molar-refractivity contribution >= 4 is 34.8 Å². The van der Waals surface area contributed by atoms with Gasteiger partial charge in [-0.15, -0.1) is 11.3 Å². The van der Waals surface area contributed by atoms with Gasteiger partial charge in [0.15, 0.2) is 5.69 Å². The first kappa shape index (κ1) is 16.2. The molecule has 3 rings (SSSR count). The van der Waals surface area contributed by atoms with Gasteiger partial charge >= 0.3 is 0 Å². The summed E-state index contributed by atoms with van der Waals surface area (Å²) in [6.45, 7) is 0. The Kier molecular flexibility index (Phi) is 4.93. The molecule has 0 radical (unpaired) electrons. The zero-order valence-corrected chi connectivity index (χ0v) is 13.9. The van der Waals surface area contributed by atoms with Crippen LogP contribution in [0.1, 0.15) is 16.1 Å². The SMILES string of the molecule is O=C(Cc1ccc(Cl)cc1)NNC(=O)c1cc(-c2cccs2)[nH]n1. The molecule has 0 bridgehead atoms. The fraction of sp³-hybridized carbons (Fsp3) is 0.0625. The second kappa shape index (κ2) is 7.29. The third-order valence-corrected chi connectivity index (χ3v) is 4.35. The molecule has 0 aliphatic heterocycles. The van der Waals surface area contributed by atoms with Crippen LogP contribution in [0.2, 0.25) is 5.02 Å². The Labute approximate surface area is 146 Å². The summed E-state index contributed by atoms with van der Waals surface area (Å²) in [6.07, 6.45) is 0.137. The Bertz CT molecular complexity index is 843. The van der Waals surface area contributed by atoms with Crippen molar-refractivity contribution in [1.82, 2.24) is 21.0 Å². The van der Waals surface area contributed by atoms with E-state index < -0.39 is 5.91 Å². The summed E-state index contributed by atoms with van der Waals surface area (Å²) in [5, 5.41) is 9.29. The fourth-order valence-corrected chi connectivity index (χ4v) is 2.84. The van der Waals surface area contributed by atoms with E-state index in [1.165, 1.54) is 11.3 Å². The lowest BCUT2D eigenvalue weighted by molar-refractivity contribution is -0.121. The van der Waals surface area contributed by atoms with Crippen LogP contribution < -0.4 is 10.9 Å². The largest absolute Gasteiger partial charge is 0.290 e. The van der Waals surface area contributed by atoms with Crippen LogP contribution in [0.15, 0.2) is 47.8 Å². The highest BCUT2D eigenvalue weighted by molar-refractivity contribution is 7.13. The van der Waals surface area contributed by atoms with Crippen LogP contribution in [-0.4, -0.2) is 22.0 Å². The molecule has 3 N–H and O–H groups in total. The molecule has 8 heteroatoms. The minimum Gasteiger partial charge on any atom is -0.276 e. The first-order valence-electron chi connectivity index (χ1n) is 7.05. The third kappa shape index (κ3) is 4.01. The van der Waals surface area contributed by atoms with Crippen molar-refractivity contribution < 1.29 is 9.59 Å². The molecule has 3 aromatic rings. The maximum atomic E-state index is 12.0. The number of halogens is 1. The number of rotatable bonds is 4. The number of carbonyl (C=O) groups is 2. The van der Waals surface area contributed by atoms with Gasteiger partial charge in [0.25, 0.3) is 5.91 Å². The molecule has 0 aliphatic carbocycles. The highest BCUT2D eigenvalue weighted by Gasteiger charge is 2.13. The Balaban J connectivity index is 1.53. The number of hydrogen-bond donors (Lipinski definition) is 3. The van der Waals surface area contributed by atoms with E-state index in [1.807, 2.05) is 17.5 Å². The van der Waals surface area contributed by atoms with E-state index in [4.69, 9.17) is 11.6 Å². The quantitative estimate of drug-likeness (QED) is 0.625. The van der Waals surface area contributed by atoms with Crippen molar-refractivity contribution in [3.63, 3.8) is 0 Å². The van der Waals surface area contributed by atoms with Crippen molar-refractivity contribution in [1.29, 1.82) is 0 Å². The predicted molar refractivity (Wildman–Crippen MR) is 92.7 cm³/mol. The number of hydrogen-bond acceptors (Lipinski definition) is 4. The van der Waals surface area contributed by atoms with Gasteiger partial charge in [-0.2, -0.15) is 5.10 Å². The zero-order valence-electron chi connectivity index (χ0n) is 12.4. The predicted octanol–water partition coefficient (Wildman–Crippen LogP) is 2.80. The van der Waals surface area contributed by atoms with Gasteiger partial charge in [0, 0.05) is 5.02 Å². The lowest BCUT2D eigenvalue weighted by atomic mass is 10.1. The molecule has 24 heavy (non-hydrogen) atoms. The smallest absolute Gasteiger partial charge is 0.276 e. The van der Waals surface area contributed by atoms with E-state index in [9.17, 15) is 9.59 Å². The van der Waals surface area contributed by atoms with Gasteiger partial charge in [-0.25, -0.2) is 0 Å². The van der Waals surface area contributed by atoms with Crippen LogP contribution in [-0.2, 0) is 11.2 Å². The molecular weight excluding hydrogens is 348 g/mol. The van der Waals surface area contributed by atoms with Gasteiger partial charge in [-0.1, -0.05) is 29.8 Å². The van der Waals surface area contributed by atoms with E-state index in [-0.39, 0.29) is 18.0 Å². The lowest BCUT2D eigenvalue weighted by Gasteiger charge is -2.06. The molecule has 2 heterocycles. The molecule has 6 nitrogen and oxygen atoms in total. The van der Waals surface area contributed by atoms with Crippen LogP contribution in [0.5, 0.6) is 0 Å². The molecule has 2 amide bonds. The minimum absolute atomic E-state index is 0.137. The highest BCUT2D eigenvalue weighted by atomic mass is 35.5.